The van der Waals surface area contributed by atoms with Crippen LogP contribution in [0.3, 0.4) is 0 Å². The SMILES string of the molecule is CCOC(=O)Cn1cc(C(=O)C(=O)N2CCc3ccccc3C2)c2cc(NC(=O)c3ccc(F)cc3)ccc21. The quantitative estimate of drug-likeness (QED) is 0.219. The maximum atomic E-state index is 13.5. The number of Topliss-reactive ketones (excluding diaryl/α,β-unsaturated/α-hetero) is 1. The molecule has 1 aromatic heterocycles. The van der Waals surface area contributed by atoms with Crippen molar-refractivity contribution in [2.24, 2.45) is 0 Å². The minimum absolute atomic E-state index is 0.121. The predicted octanol–water partition coefficient (Wildman–Crippen LogP) is 4.36. The summed E-state index contributed by atoms with van der Waals surface area (Å²) in [7, 11) is 0. The standard InChI is InChI=1S/C30H26FN3O5/c1-2-39-27(35)18-34-17-25(28(36)30(38)33-14-13-19-5-3-4-6-21(19)16-33)24-15-23(11-12-26(24)34)32-29(37)20-7-9-22(31)10-8-20/h3-12,15,17H,2,13-14,16,18H2,1H3,(H,32,37). The highest BCUT2D eigenvalue weighted by molar-refractivity contribution is 6.45. The maximum absolute atomic E-state index is 13.5. The molecule has 0 atom stereocenters. The number of carbonyl (C=O) groups excluding carboxylic acids is 4. The Morgan fingerprint density at radius 1 is 0.974 bits per heavy atom. The van der Waals surface area contributed by atoms with Crippen LogP contribution in [0, 0.1) is 5.82 Å². The molecule has 0 saturated heterocycles. The highest BCUT2D eigenvalue weighted by Crippen LogP contribution is 2.28. The molecule has 2 amide bonds. The van der Waals surface area contributed by atoms with E-state index in [-0.39, 0.29) is 24.3 Å². The van der Waals surface area contributed by atoms with Gasteiger partial charge in [-0.05, 0) is 66.9 Å². The van der Waals surface area contributed by atoms with Gasteiger partial charge in [0, 0.05) is 41.4 Å². The van der Waals surface area contributed by atoms with Gasteiger partial charge in [0.2, 0.25) is 0 Å². The number of ketones is 1. The third-order valence-corrected chi connectivity index (χ3v) is 6.71. The van der Waals surface area contributed by atoms with E-state index in [0.29, 0.717) is 36.1 Å². The second-order valence-corrected chi connectivity index (χ2v) is 9.24. The van der Waals surface area contributed by atoms with E-state index in [0.717, 1.165) is 11.1 Å². The smallest absolute Gasteiger partial charge is 0.325 e. The molecule has 1 aliphatic rings. The van der Waals surface area contributed by atoms with Crippen molar-refractivity contribution in [1.29, 1.82) is 0 Å². The third kappa shape index (κ3) is 5.43. The molecule has 0 radical (unpaired) electrons. The van der Waals surface area contributed by atoms with E-state index < -0.39 is 29.4 Å². The number of aromatic nitrogens is 1. The molecule has 8 nitrogen and oxygen atoms in total. The molecular formula is C30H26FN3O5. The van der Waals surface area contributed by atoms with Gasteiger partial charge < -0.3 is 19.5 Å². The first-order valence-corrected chi connectivity index (χ1v) is 12.6. The van der Waals surface area contributed by atoms with E-state index in [2.05, 4.69) is 5.32 Å². The number of hydrogen-bond acceptors (Lipinski definition) is 5. The molecule has 198 valence electrons. The molecule has 1 aliphatic heterocycles. The number of halogens is 1. The molecule has 0 aliphatic carbocycles. The van der Waals surface area contributed by atoms with Crippen LogP contribution in [0.4, 0.5) is 10.1 Å². The van der Waals surface area contributed by atoms with Gasteiger partial charge in [-0.15, -0.1) is 0 Å². The predicted molar refractivity (Wildman–Crippen MR) is 143 cm³/mol. The van der Waals surface area contributed by atoms with Gasteiger partial charge in [0.1, 0.15) is 12.4 Å². The first-order valence-electron chi connectivity index (χ1n) is 12.6. The molecule has 3 aromatic carbocycles. The number of esters is 1. The van der Waals surface area contributed by atoms with Gasteiger partial charge in [-0.25, -0.2) is 4.39 Å². The van der Waals surface area contributed by atoms with Crippen LogP contribution in [-0.4, -0.2) is 46.2 Å². The van der Waals surface area contributed by atoms with E-state index in [1.807, 2.05) is 24.3 Å². The van der Waals surface area contributed by atoms with Gasteiger partial charge in [-0.1, -0.05) is 24.3 Å². The number of nitrogens with zero attached hydrogens (tertiary/aromatic N) is 2. The Morgan fingerprint density at radius 3 is 2.46 bits per heavy atom. The fraction of sp³-hybridized carbons (Fsp3) is 0.200. The molecule has 0 saturated carbocycles. The van der Waals surface area contributed by atoms with Crippen molar-refractivity contribution in [3.8, 4) is 0 Å². The van der Waals surface area contributed by atoms with Crippen LogP contribution in [0.5, 0.6) is 0 Å². The maximum Gasteiger partial charge on any atom is 0.325 e. The summed E-state index contributed by atoms with van der Waals surface area (Å²) < 4.78 is 19.9. The van der Waals surface area contributed by atoms with Crippen LogP contribution < -0.4 is 5.32 Å². The van der Waals surface area contributed by atoms with Gasteiger partial charge in [0.15, 0.2) is 0 Å². The lowest BCUT2D eigenvalue weighted by atomic mass is 9.99. The second-order valence-electron chi connectivity index (χ2n) is 9.24. The summed E-state index contributed by atoms with van der Waals surface area (Å²) in [6, 6.07) is 17.8. The van der Waals surface area contributed by atoms with Gasteiger partial charge in [-0.3, -0.25) is 19.2 Å². The minimum Gasteiger partial charge on any atom is -0.465 e. The van der Waals surface area contributed by atoms with E-state index in [1.54, 1.807) is 29.7 Å². The van der Waals surface area contributed by atoms with Gasteiger partial charge >= 0.3 is 5.97 Å². The molecule has 39 heavy (non-hydrogen) atoms. The van der Waals surface area contributed by atoms with Gasteiger partial charge in [-0.2, -0.15) is 0 Å². The zero-order valence-electron chi connectivity index (χ0n) is 21.3. The minimum atomic E-state index is -0.705. The molecule has 2 heterocycles. The second kappa shape index (κ2) is 10.9. The normalized spacial score (nSPS) is 12.6. The van der Waals surface area contributed by atoms with Crippen LogP contribution in [-0.2, 0) is 33.8 Å². The summed E-state index contributed by atoms with van der Waals surface area (Å²) in [5, 5.41) is 3.15. The van der Waals surface area contributed by atoms with E-state index >= 15 is 0 Å². The number of hydrogen-bond donors (Lipinski definition) is 1. The Kier molecular flexibility index (Phi) is 7.23. The van der Waals surface area contributed by atoms with Crippen molar-refractivity contribution in [3.63, 3.8) is 0 Å². The summed E-state index contributed by atoms with van der Waals surface area (Å²) in [4.78, 5) is 53.3. The number of fused-ring (bicyclic) bond motifs is 2. The number of carbonyl (C=O) groups is 4. The van der Waals surface area contributed by atoms with Crippen molar-refractivity contribution < 1.29 is 28.3 Å². The fourth-order valence-corrected chi connectivity index (χ4v) is 4.76. The molecule has 0 unspecified atom stereocenters. The highest BCUT2D eigenvalue weighted by atomic mass is 19.1. The zero-order valence-corrected chi connectivity index (χ0v) is 21.3. The summed E-state index contributed by atoms with van der Waals surface area (Å²) in [6.45, 7) is 2.51. The van der Waals surface area contributed by atoms with Crippen molar-refractivity contribution in [2.75, 3.05) is 18.5 Å². The average Bonchev–Trinajstić information content (AvgIpc) is 3.29. The molecule has 0 spiro atoms. The van der Waals surface area contributed by atoms with Crippen LogP contribution >= 0.6 is 0 Å². The molecule has 1 N–H and O–H groups in total. The van der Waals surface area contributed by atoms with E-state index in [9.17, 15) is 23.6 Å². The Balaban J connectivity index is 1.46. The molecule has 0 fully saturated rings. The number of benzene rings is 3. The zero-order chi connectivity index (χ0) is 27.5. The van der Waals surface area contributed by atoms with Crippen LogP contribution in [0.2, 0.25) is 0 Å². The van der Waals surface area contributed by atoms with Crippen LogP contribution in [0.15, 0.2) is 72.9 Å². The first kappa shape index (κ1) is 25.8. The molecule has 4 aromatic rings. The number of anilines is 1. The Hall–Kier alpha value is -4.79. The van der Waals surface area contributed by atoms with E-state index in [1.165, 1.54) is 35.4 Å². The van der Waals surface area contributed by atoms with E-state index in [4.69, 9.17) is 4.74 Å². The lowest BCUT2D eigenvalue weighted by Gasteiger charge is -2.28. The lowest BCUT2D eigenvalue weighted by Crippen LogP contribution is -2.40. The summed E-state index contributed by atoms with van der Waals surface area (Å²) in [5.74, 6) is -2.75. The van der Waals surface area contributed by atoms with Crippen LogP contribution in [0.25, 0.3) is 10.9 Å². The molecule has 0 bridgehead atoms. The van der Waals surface area contributed by atoms with Gasteiger partial charge in [0.25, 0.3) is 17.6 Å². The van der Waals surface area contributed by atoms with Crippen molar-refractivity contribution in [2.45, 2.75) is 26.4 Å². The molecule has 9 heteroatoms. The first-order chi connectivity index (χ1) is 18.8. The average molecular weight is 528 g/mol. The monoisotopic (exact) mass is 527 g/mol. The fourth-order valence-electron chi connectivity index (χ4n) is 4.76. The number of rotatable bonds is 7. The third-order valence-electron chi connectivity index (χ3n) is 6.71. The molecular weight excluding hydrogens is 501 g/mol. The number of nitrogens with one attached hydrogen (secondary N) is 1. The summed E-state index contributed by atoms with van der Waals surface area (Å²) >= 11 is 0. The summed E-state index contributed by atoms with van der Waals surface area (Å²) in [6.07, 6.45) is 2.13. The van der Waals surface area contributed by atoms with Crippen molar-refractivity contribution in [1.82, 2.24) is 9.47 Å². The Labute approximate surface area is 224 Å². The topological polar surface area (TPSA) is 97.7 Å². The highest BCUT2D eigenvalue weighted by Gasteiger charge is 2.29. The van der Waals surface area contributed by atoms with Gasteiger partial charge in [0.05, 0.1) is 12.2 Å². The van der Waals surface area contributed by atoms with Crippen molar-refractivity contribution >= 4 is 40.2 Å². The largest absolute Gasteiger partial charge is 0.465 e. The van der Waals surface area contributed by atoms with Crippen molar-refractivity contribution in [3.05, 3.63) is 101 Å². The Bertz CT molecular complexity index is 1590. The lowest BCUT2D eigenvalue weighted by molar-refractivity contribution is -0.143. The summed E-state index contributed by atoms with van der Waals surface area (Å²) in [5.41, 5.74) is 3.44. The van der Waals surface area contributed by atoms with Crippen LogP contribution in [0.1, 0.15) is 38.8 Å². The Morgan fingerprint density at radius 2 is 1.72 bits per heavy atom. The molecule has 5 rings (SSSR count). The number of amides is 2. The number of ether oxygens (including phenoxy) is 1.